The van der Waals surface area contributed by atoms with E-state index >= 15 is 0 Å². The molecule has 2 rings (SSSR count). The summed E-state index contributed by atoms with van der Waals surface area (Å²) in [6, 6.07) is 9.98. The zero-order valence-electron chi connectivity index (χ0n) is 11.8. The molecule has 2 aromatic rings. The molecule has 21 heavy (non-hydrogen) atoms. The summed E-state index contributed by atoms with van der Waals surface area (Å²) in [7, 11) is 1.48. The molecular weight excluding hydrogens is 273 g/mol. The van der Waals surface area contributed by atoms with Crippen LogP contribution in [0.5, 0.6) is 11.5 Å². The second kappa shape index (κ2) is 6.26. The lowest BCUT2D eigenvalue weighted by molar-refractivity contribution is 0.0937. The van der Waals surface area contributed by atoms with Gasteiger partial charge in [-0.1, -0.05) is 12.1 Å². The molecule has 110 valence electrons. The molecule has 0 fully saturated rings. The van der Waals surface area contributed by atoms with Gasteiger partial charge in [-0.3, -0.25) is 4.79 Å². The van der Waals surface area contributed by atoms with Crippen LogP contribution in [0, 0.1) is 5.82 Å². The number of rotatable bonds is 4. The maximum Gasteiger partial charge on any atom is 0.255 e. The number of ether oxygens (including phenoxy) is 1. The number of methoxy groups -OCH3 is 1. The predicted octanol–water partition coefficient (Wildman–Crippen LogP) is 3.03. The molecule has 0 aromatic heterocycles. The number of phenols is 1. The summed E-state index contributed by atoms with van der Waals surface area (Å²) in [5.41, 5.74) is 0.899. The number of aromatic hydroxyl groups is 1. The molecule has 0 bridgehead atoms. The van der Waals surface area contributed by atoms with Crippen molar-refractivity contribution in [2.45, 2.75) is 13.0 Å². The Labute approximate surface area is 122 Å². The summed E-state index contributed by atoms with van der Waals surface area (Å²) < 4.78 is 17.9. The number of hydrogen-bond acceptors (Lipinski definition) is 3. The van der Waals surface area contributed by atoms with Gasteiger partial charge in [0, 0.05) is 0 Å². The highest BCUT2D eigenvalue weighted by Crippen LogP contribution is 2.23. The first-order chi connectivity index (χ1) is 10.0. The van der Waals surface area contributed by atoms with E-state index in [1.807, 2.05) is 0 Å². The number of carbonyl (C=O) groups excluding carboxylic acids is 1. The quantitative estimate of drug-likeness (QED) is 0.909. The molecule has 1 unspecified atom stereocenters. The third-order valence-corrected chi connectivity index (χ3v) is 3.17. The van der Waals surface area contributed by atoms with Crippen molar-refractivity contribution in [3.8, 4) is 11.5 Å². The van der Waals surface area contributed by atoms with Crippen molar-refractivity contribution in [1.29, 1.82) is 0 Å². The number of halogens is 1. The number of benzene rings is 2. The molecule has 1 atom stereocenters. The summed E-state index contributed by atoms with van der Waals surface area (Å²) in [4.78, 5) is 12.2. The Balaban J connectivity index is 2.15. The second-order valence-electron chi connectivity index (χ2n) is 4.63. The van der Waals surface area contributed by atoms with E-state index in [0.29, 0.717) is 5.75 Å². The maximum absolute atomic E-state index is 12.9. The molecule has 0 saturated carbocycles. The molecule has 0 aliphatic carbocycles. The van der Waals surface area contributed by atoms with E-state index in [4.69, 9.17) is 4.74 Å². The van der Waals surface area contributed by atoms with Crippen LogP contribution in [-0.4, -0.2) is 18.1 Å². The third kappa shape index (κ3) is 3.51. The van der Waals surface area contributed by atoms with Gasteiger partial charge in [0.05, 0.1) is 18.7 Å². The molecule has 2 N–H and O–H groups in total. The fourth-order valence-electron chi connectivity index (χ4n) is 1.93. The largest absolute Gasteiger partial charge is 0.507 e. The van der Waals surface area contributed by atoms with Gasteiger partial charge in [0.25, 0.3) is 5.91 Å². The normalized spacial score (nSPS) is 11.8. The molecule has 0 heterocycles. The van der Waals surface area contributed by atoms with Gasteiger partial charge in [-0.05, 0) is 42.8 Å². The minimum Gasteiger partial charge on any atom is -0.507 e. The lowest BCUT2D eigenvalue weighted by atomic mass is 10.1. The smallest absolute Gasteiger partial charge is 0.255 e. The molecule has 0 radical (unpaired) electrons. The van der Waals surface area contributed by atoms with E-state index in [9.17, 15) is 14.3 Å². The van der Waals surface area contributed by atoms with Crippen LogP contribution in [0.25, 0.3) is 0 Å². The van der Waals surface area contributed by atoms with Crippen LogP contribution in [0.3, 0.4) is 0 Å². The van der Waals surface area contributed by atoms with Gasteiger partial charge in [-0.15, -0.1) is 0 Å². The lowest BCUT2D eigenvalue weighted by Gasteiger charge is -2.15. The van der Waals surface area contributed by atoms with Crippen molar-refractivity contribution in [2.24, 2.45) is 0 Å². The lowest BCUT2D eigenvalue weighted by Crippen LogP contribution is -2.26. The Morgan fingerprint density at radius 3 is 2.52 bits per heavy atom. The number of carbonyl (C=O) groups is 1. The van der Waals surface area contributed by atoms with Gasteiger partial charge in [-0.2, -0.15) is 0 Å². The molecule has 4 nitrogen and oxygen atoms in total. The van der Waals surface area contributed by atoms with Crippen LogP contribution < -0.4 is 10.1 Å². The Bertz CT molecular complexity index is 640. The van der Waals surface area contributed by atoms with E-state index < -0.39 is 5.91 Å². The first kappa shape index (κ1) is 14.8. The van der Waals surface area contributed by atoms with E-state index in [-0.39, 0.29) is 23.2 Å². The van der Waals surface area contributed by atoms with Gasteiger partial charge in [0.1, 0.15) is 17.3 Å². The molecule has 2 aromatic carbocycles. The van der Waals surface area contributed by atoms with Crippen LogP contribution in [0.4, 0.5) is 4.39 Å². The van der Waals surface area contributed by atoms with Crippen molar-refractivity contribution >= 4 is 5.91 Å². The van der Waals surface area contributed by atoms with Gasteiger partial charge >= 0.3 is 0 Å². The van der Waals surface area contributed by atoms with E-state index in [1.165, 1.54) is 31.4 Å². The van der Waals surface area contributed by atoms with Crippen molar-refractivity contribution in [3.05, 3.63) is 59.4 Å². The van der Waals surface area contributed by atoms with E-state index in [0.717, 1.165) is 5.56 Å². The standard InChI is InChI=1S/C16H16FNO3/c1-10(11-3-5-12(17)6-4-11)18-16(20)14-9-13(21-2)7-8-15(14)19/h3-10,19H,1-2H3,(H,18,20). The first-order valence-corrected chi connectivity index (χ1v) is 6.44. The van der Waals surface area contributed by atoms with Crippen molar-refractivity contribution in [1.82, 2.24) is 5.32 Å². The summed E-state index contributed by atoms with van der Waals surface area (Å²) in [5, 5.41) is 12.5. The topological polar surface area (TPSA) is 58.6 Å². The van der Waals surface area contributed by atoms with Crippen LogP contribution in [-0.2, 0) is 0 Å². The fraction of sp³-hybridized carbons (Fsp3) is 0.188. The van der Waals surface area contributed by atoms with E-state index in [1.54, 1.807) is 25.1 Å². The molecule has 0 saturated heterocycles. The van der Waals surface area contributed by atoms with Crippen LogP contribution >= 0.6 is 0 Å². The van der Waals surface area contributed by atoms with Crippen molar-refractivity contribution < 1.29 is 19.0 Å². The number of amides is 1. The Morgan fingerprint density at radius 2 is 1.90 bits per heavy atom. The summed E-state index contributed by atoms with van der Waals surface area (Å²) in [6.45, 7) is 1.78. The van der Waals surface area contributed by atoms with Gasteiger partial charge < -0.3 is 15.2 Å². The van der Waals surface area contributed by atoms with Crippen molar-refractivity contribution in [2.75, 3.05) is 7.11 Å². The predicted molar refractivity (Wildman–Crippen MR) is 76.9 cm³/mol. The van der Waals surface area contributed by atoms with Crippen LogP contribution in [0.1, 0.15) is 28.9 Å². The average molecular weight is 289 g/mol. The second-order valence-corrected chi connectivity index (χ2v) is 4.63. The monoisotopic (exact) mass is 289 g/mol. The van der Waals surface area contributed by atoms with Crippen molar-refractivity contribution in [3.63, 3.8) is 0 Å². The molecule has 1 amide bonds. The highest BCUT2D eigenvalue weighted by molar-refractivity contribution is 5.97. The van der Waals surface area contributed by atoms with Crippen LogP contribution in [0.15, 0.2) is 42.5 Å². The van der Waals surface area contributed by atoms with E-state index in [2.05, 4.69) is 5.32 Å². The molecule has 5 heteroatoms. The van der Waals surface area contributed by atoms with Gasteiger partial charge in [0.15, 0.2) is 0 Å². The maximum atomic E-state index is 12.9. The summed E-state index contributed by atoms with van der Waals surface area (Å²) in [5.74, 6) is -0.405. The minimum atomic E-state index is -0.428. The van der Waals surface area contributed by atoms with Crippen LogP contribution in [0.2, 0.25) is 0 Å². The molecular formula is C16H16FNO3. The SMILES string of the molecule is COc1ccc(O)c(C(=O)NC(C)c2ccc(F)cc2)c1. The fourth-order valence-corrected chi connectivity index (χ4v) is 1.93. The first-order valence-electron chi connectivity index (χ1n) is 6.44. The molecule has 0 aliphatic heterocycles. The highest BCUT2D eigenvalue weighted by atomic mass is 19.1. The Kier molecular flexibility index (Phi) is 4.42. The van der Waals surface area contributed by atoms with Gasteiger partial charge in [0.2, 0.25) is 0 Å². The number of phenolic OH excluding ortho intramolecular Hbond substituents is 1. The Morgan fingerprint density at radius 1 is 1.24 bits per heavy atom. The number of hydrogen-bond donors (Lipinski definition) is 2. The average Bonchev–Trinajstić information content (AvgIpc) is 2.48. The van der Waals surface area contributed by atoms with Gasteiger partial charge in [-0.25, -0.2) is 4.39 Å². The molecule has 0 aliphatic rings. The minimum absolute atomic E-state index is 0.125. The summed E-state index contributed by atoms with van der Waals surface area (Å²) >= 11 is 0. The summed E-state index contributed by atoms with van der Waals surface area (Å²) in [6.07, 6.45) is 0. The molecule has 0 spiro atoms. The highest BCUT2D eigenvalue weighted by Gasteiger charge is 2.15. The zero-order chi connectivity index (χ0) is 15.4. The number of nitrogens with one attached hydrogen (secondary N) is 1. The zero-order valence-corrected chi connectivity index (χ0v) is 11.8. The third-order valence-electron chi connectivity index (χ3n) is 3.17. The Hall–Kier alpha value is -2.56.